The molecule has 23 heavy (non-hydrogen) atoms. The van der Waals surface area contributed by atoms with Crippen molar-refractivity contribution in [1.82, 2.24) is 10.6 Å². The van der Waals surface area contributed by atoms with Crippen LogP contribution >= 0.6 is 0 Å². The van der Waals surface area contributed by atoms with Crippen LogP contribution in [0.15, 0.2) is 12.2 Å². The van der Waals surface area contributed by atoms with Crippen molar-refractivity contribution in [2.45, 2.75) is 37.6 Å². The minimum Gasteiger partial charge on any atom is -0.460 e. The summed E-state index contributed by atoms with van der Waals surface area (Å²) < 4.78 is 9.65. The third-order valence-electron chi connectivity index (χ3n) is 3.17. The van der Waals surface area contributed by atoms with E-state index in [4.69, 9.17) is 14.6 Å². The Bertz CT molecular complexity index is 444. The lowest BCUT2D eigenvalue weighted by atomic mass is 9.97. The molecule has 10 nitrogen and oxygen atoms in total. The molecule has 0 unspecified atom stereocenters. The van der Waals surface area contributed by atoms with Crippen LogP contribution in [0.3, 0.4) is 0 Å². The highest BCUT2D eigenvalue weighted by molar-refractivity contribution is 5.86. The van der Waals surface area contributed by atoms with Crippen LogP contribution in [0.25, 0.3) is 0 Å². The van der Waals surface area contributed by atoms with Crippen molar-refractivity contribution in [3.8, 4) is 0 Å². The van der Waals surface area contributed by atoms with Crippen LogP contribution in [-0.2, 0) is 14.3 Å². The number of rotatable bonds is 6. The summed E-state index contributed by atoms with van der Waals surface area (Å²) in [4.78, 5) is 22.8. The number of esters is 1. The van der Waals surface area contributed by atoms with Gasteiger partial charge in [-0.2, -0.15) is 0 Å². The fourth-order valence-corrected chi connectivity index (χ4v) is 1.89. The Morgan fingerprint density at radius 1 is 1.26 bits per heavy atom. The summed E-state index contributed by atoms with van der Waals surface area (Å²) in [6, 6.07) is -2.05. The Balaban J connectivity index is 2.38. The van der Waals surface area contributed by atoms with Crippen LogP contribution in [0.1, 0.15) is 6.92 Å². The van der Waals surface area contributed by atoms with Gasteiger partial charge in [0.2, 0.25) is 0 Å². The largest absolute Gasteiger partial charge is 0.460 e. The predicted molar refractivity (Wildman–Crippen MR) is 76.1 cm³/mol. The second kappa shape index (κ2) is 8.79. The topological polar surface area (TPSA) is 158 Å². The molecule has 2 amide bonds. The highest BCUT2D eigenvalue weighted by atomic mass is 16.6. The van der Waals surface area contributed by atoms with E-state index in [9.17, 15) is 24.9 Å². The molecule has 1 fully saturated rings. The molecule has 1 aliphatic heterocycles. The van der Waals surface area contributed by atoms with Gasteiger partial charge in [-0.3, -0.25) is 0 Å². The number of amides is 2. The van der Waals surface area contributed by atoms with Gasteiger partial charge in [0, 0.05) is 5.57 Å². The summed E-state index contributed by atoms with van der Waals surface area (Å²) in [6.45, 7) is 4.20. The standard InChI is InChI=1S/C13H22N2O8/c1-6(2)11(19)22-4-3-14-13(21)15-8-10(18)9(17)7(5-16)23-12(8)20/h7-10,12,16-18,20H,1,3-5H2,2H3,(H2,14,15,21)/t7-,8-,9+,10-,12-/m1/s1. The van der Waals surface area contributed by atoms with Crippen molar-refractivity contribution >= 4 is 12.0 Å². The van der Waals surface area contributed by atoms with Crippen molar-refractivity contribution in [1.29, 1.82) is 0 Å². The fourth-order valence-electron chi connectivity index (χ4n) is 1.89. The average molecular weight is 334 g/mol. The molecule has 1 rings (SSSR count). The number of carbonyl (C=O) groups is 2. The van der Waals surface area contributed by atoms with Gasteiger partial charge in [0.25, 0.3) is 0 Å². The molecule has 0 aromatic heterocycles. The molecule has 0 aliphatic carbocycles. The number of hydrogen-bond donors (Lipinski definition) is 6. The fraction of sp³-hybridized carbons (Fsp3) is 0.692. The van der Waals surface area contributed by atoms with Gasteiger partial charge < -0.3 is 40.5 Å². The Kier molecular flexibility index (Phi) is 7.39. The van der Waals surface area contributed by atoms with Gasteiger partial charge >= 0.3 is 12.0 Å². The third kappa shape index (κ3) is 5.44. The smallest absolute Gasteiger partial charge is 0.333 e. The number of carbonyl (C=O) groups excluding carboxylic acids is 2. The minimum atomic E-state index is -1.60. The number of aliphatic hydroxyl groups is 4. The maximum atomic E-state index is 11.6. The molecule has 0 aromatic rings. The summed E-state index contributed by atoms with van der Waals surface area (Å²) in [5.41, 5.74) is 0.229. The van der Waals surface area contributed by atoms with Crippen LogP contribution in [0.4, 0.5) is 4.79 Å². The van der Waals surface area contributed by atoms with E-state index < -0.39 is 49.3 Å². The molecule has 6 N–H and O–H groups in total. The summed E-state index contributed by atoms with van der Waals surface area (Å²) in [6.07, 6.45) is -5.74. The van der Waals surface area contributed by atoms with Crippen molar-refractivity contribution in [3.05, 3.63) is 12.2 Å². The monoisotopic (exact) mass is 334 g/mol. The van der Waals surface area contributed by atoms with E-state index in [1.807, 2.05) is 0 Å². The first-order chi connectivity index (χ1) is 10.8. The molecule has 0 aromatic carbocycles. The third-order valence-corrected chi connectivity index (χ3v) is 3.17. The van der Waals surface area contributed by atoms with Crippen molar-refractivity contribution in [2.75, 3.05) is 19.8 Å². The Morgan fingerprint density at radius 2 is 1.91 bits per heavy atom. The van der Waals surface area contributed by atoms with Crippen LogP contribution in [0.2, 0.25) is 0 Å². The summed E-state index contributed by atoms with van der Waals surface area (Å²) in [5, 5.41) is 42.7. The Labute approximate surface area is 132 Å². The second-order valence-electron chi connectivity index (χ2n) is 5.07. The van der Waals surface area contributed by atoms with E-state index in [1.54, 1.807) is 0 Å². The molecular weight excluding hydrogens is 312 g/mol. The molecule has 0 saturated carbocycles. The van der Waals surface area contributed by atoms with E-state index in [2.05, 4.69) is 17.2 Å². The second-order valence-corrected chi connectivity index (χ2v) is 5.07. The number of nitrogens with one attached hydrogen (secondary N) is 2. The van der Waals surface area contributed by atoms with Crippen molar-refractivity contribution in [3.63, 3.8) is 0 Å². The lowest BCUT2D eigenvalue weighted by Crippen LogP contribution is -2.65. The van der Waals surface area contributed by atoms with Gasteiger partial charge in [0.15, 0.2) is 6.29 Å². The minimum absolute atomic E-state index is 0.00750. The molecular formula is C13H22N2O8. The highest BCUT2D eigenvalue weighted by Crippen LogP contribution is 2.19. The van der Waals surface area contributed by atoms with E-state index >= 15 is 0 Å². The molecule has 1 heterocycles. The average Bonchev–Trinajstić information content (AvgIpc) is 2.51. The SMILES string of the molecule is C=C(C)C(=O)OCCNC(=O)N[C@@H]1[C@@H](O)[C@@H](O)[C@@H](CO)O[C@H]1O. The molecule has 0 radical (unpaired) electrons. The zero-order valence-electron chi connectivity index (χ0n) is 12.6. The maximum Gasteiger partial charge on any atom is 0.333 e. The van der Waals surface area contributed by atoms with Gasteiger partial charge in [0.1, 0.15) is 31.0 Å². The number of ether oxygens (including phenoxy) is 2. The van der Waals surface area contributed by atoms with Crippen molar-refractivity contribution in [2.24, 2.45) is 0 Å². The molecule has 0 spiro atoms. The molecule has 10 heteroatoms. The Hall–Kier alpha value is -1.72. The zero-order valence-corrected chi connectivity index (χ0v) is 12.6. The first-order valence-electron chi connectivity index (χ1n) is 6.95. The van der Waals surface area contributed by atoms with E-state index in [0.717, 1.165) is 0 Å². The van der Waals surface area contributed by atoms with E-state index in [0.29, 0.717) is 0 Å². The highest BCUT2D eigenvalue weighted by Gasteiger charge is 2.44. The molecule has 5 atom stereocenters. The summed E-state index contributed by atoms with van der Waals surface area (Å²) in [5.74, 6) is -0.586. The first-order valence-corrected chi connectivity index (χ1v) is 6.95. The van der Waals surface area contributed by atoms with Gasteiger partial charge in [-0.25, -0.2) is 9.59 Å². The van der Waals surface area contributed by atoms with Gasteiger partial charge in [-0.05, 0) is 6.92 Å². The van der Waals surface area contributed by atoms with Crippen LogP contribution in [-0.4, -0.2) is 82.8 Å². The molecule has 1 saturated heterocycles. The molecule has 0 bridgehead atoms. The first kappa shape index (κ1) is 19.3. The van der Waals surface area contributed by atoms with Crippen molar-refractivity contribution < 1.29 is 39.5 Å². The normalized spacial score (nSPS) is 30.4. The van der Waals surface area contributed by atoms with Gasteiger partial charge in [0.05, 0.1) is 13.2 Å². The molecule has 1 aliphatic rings. The van der Waals surface area contributed by atoms with Crippen LogP contribution < -0.4 is 10.6 Å². The predicted octanol–water partition coefficient (Wildman–Crippen LogP) is -2.80. The zero-order chi connectivity index (χ0) is 17.6. The van der Waals surface area contributed by atoms with Gasteiger partial charge in [-0.1, -0.05) is 6.58 Å². The number of urea groups is 1. The number of hydrogen-bond acceptors (Lipinski definition) is 8. The molecule has 132 valence electrons. The summed E-state index contributed by atoms with van der Waals surface area (Å²) in [7, 11) is 0. The van der Waals surface area contributed by atoms with E-state index in [1.165, 1.54) is 6.92 Å². The van der Waals surface area contributed by atoms with Crippen LogP contribution in [0.5, 0.6) is 0 Å². The maximum absolute atomic E-state index is 11.6. The lowest BCUT2D eigenvalue weighted by Gasteiger charge is -2.40. The summed E-state index contributed by atoms with van der Waals surface area (Å²) >= 11 is 0. The Morgan fingerprint density at radius 3 is 2.48 bits per heavy atom. The van der Waals surface area contributed by atoms with Gasteiger partial charge in [-0.15, -0.1) is 0 Å². The number of aliphatic hydroxyl groups excluding tert-OH is 4. The lowest BCUT2D eigenvalue weighted by molar-refractivity contribution is -0.252. The van der Waals surface area contributed by atoms with Crippen LogP contribution in [0, 0.1) is 0 Å². The quantitative estimate of drug-likeness (QED) is 0.173. The van der Waals surface area contributed by atoms with E-state index in [-0.39, 0.29) is 18.7 Å².